The second-order valence-corrected chi connectivity index (χ2v) is 7.61. The number of rotatable bonds is 0. The van der Waals surface area contributed by atoms with Gasteiger partial charge in [-0.05, 0) is 37.8 Å². The second-order valence-electron chi connectivity index (χ2n) is 7.61. The smallest absolute Gasteiger partial charge is 0.407 e. The second kappa shape index (κ2) is 8.50. The molecule has 6 bridgehead atoms. The molecule has 29 heavy (non-hydrogen) atoms. The van der Waals surface area contributed by atoms with Crippen molar-refractivity contribution in [1.82, 2.24) is 25.4 Å². The monoisotopic (exact) mass is 398 g/mol. The first-order valence-corrected chi connectivity index (χ1v) is 10.0. The minimum Gasteiger partial charge on any atom is -0.446 e. The van der Waals surface area contributed by atoms with E-state index in [4.69, 9.17) is 4.74 Å². The third kappa shape index (κ3) is 4.85. The van der Waals surface area contributed by atoms with Crippen LogP contribution in [0.5, 0.6) is 0 Å². The highest BCUT2D eigenvalue weighted by atomic mass is 16.6. The van der Waals surface area contributed by atoms with Crippen molar-refractivity contribution >= 4 is 23.6 Å². The van der Waals surface area contributed by atoms with Gasteiger partial charge in [-0.25, -0.2) is 9.78 Å². The highest BCUT2D eigenvalue weighted by Gasteiger charge is 2.30. The van der Waals surface area contributed by atoms with Gasteiger partial charge in [0, 0.05) is 37.7 Å². The van der Waals surface area contributed by atoms with Gasteiger partial charge in [-0.3, -0.25) is 9.89 Å². The first kappa shape index (κ1) is 19.2. The van der Waals surface area contributed by atoms with Crippen LogP contribution in [0.1, 0.15) is 49.9 Å². The van der Waals surface area contributed by atoms with E-state index in [1.54, 1.807) is 4.90 Å². The van der Waals surface area contributed by atoms with Gasteiger partial charge in [0.15, 0.2) is 5.82 Å². The molecule has 0 radical (unpaired) electrons. The van der Waals surface area contributed by atoms with Gasteiger partial charge in [-0.2, -0.15) is 5.10 Å². The number of aromatic amines is 1. The summed E-state index contributed by atoms with van der Waals surface area (Å²) in [4.78, 5) is 30.4. The summed E-state index contributed by atoms with van der Waals surface area (Å²) in [7, 11) is 0. The number of fused-ring (bicyclic) bond motifs is 7. The van der Waals surface area contributed by atoms with E-state index in [1.807, 2.05) is 24.3 Å². The maximum absolute atomic E-state index is 12.1. The molecule has 2 aromatic heterocycles. The molecule has 9 heteroatoms. The van der Waals surface area contributed by atoms with Gasteiger partial charge >= 0.3 is 6.09 Å². The van der Waals surface area contributed by atoms with E-state index < -0.39 is 6.09 Å². The lowest BCUT2D eigenvalue weighted by molar-refractivity contribution is -0.129. The number of carbonyl (C=O) groups excluding carboxylic acids is 2. The summed E-state index contributed by atoms with van der Waals surface area (Å²) in [5, 5.41) is 13.4. The summed E-state index contributed by atoms with van der Waals surface area (Å²) in [6, 6.07) is 7.66. The predicted molar refractivity (Wildman–Crippen MR) is 107 cm³/mol. The quantitative estimate of drug-likeness (QED) is 0.629. The molecular weight excluding hydrogens is 372 g/mol. The summed E-state index contributed by atoms with van der Waals surface area (Å²) >= 11 is 0. The molecule has 0 spiro atoms. The number of amides is 2. The summed E-state index contributed by atoms with van der Waals surface area (Å²) in [6.45, 7) is 2.93. The third-order valence-electron chi connectivity index (χ3n) is 5.43. The average molecular weight is 398 g/mol. The van der Waals surface area contributed by atoms with Crippen LogP contribution in [0, 0.1) is 0 Å². The standard InChI is InChI=1S/C20H26N6O3/c1-13(27)26-9-3-8-21-20(28)29-16-7-6-14(10-16)17-11-19(25-24-17)23-18-5-2-4-15(12-26)22-18/h2,4-5,11,14,16H,3,6-10,12H2,1H3,(H,21,28)(H2,22,23,24,25)/t14-,16+/m1/s1. The molecule has 154 valence electrons. The Hall–Kier alpha value is -3.10. The van der Waals surface area contributed by atoms with Gasteiger partial charge in [0.05, 0.1) is 12.2 Å². The number of nitrogens with zero attached hydrogens (tertiary/aromatic N) is 3. The molecule has 2 atom stereocenters. The molecule has 1 fully saturated rings. The van der Waals surface area contributed by atoms with Crippen LogP contribution >= 0.6 is 0 Å². The molecule has 2 aromatic rings. The Morgan fingerprint density at radius 3 is 3.03 bits per heavy atom. The van der Waals surface area contributed by atoms with Crippen LogP contribution in [0.4, 0.5) is 16.4 Å². The number of anilines is 2. The lowest BCUT2D eigenvalue weighted by Gasteiger charge is -2.21. The van der Waals surface area contributed by atoms with Crippen molar-refractivity contribution in [3.8, 4) is 0 Å². The Balaban J connectivity index is 1.56. The van der Waals surface area contributed by atoms with E-state index in [-0.39, 0.29) is 17.9 Å². The Kier molecular flexibility index (Phi) is 5.64. The molecule has 1 saturated carbocycles. The molecule has 0 saturated heterocycles. The fourth-order valence-electron chi connectivity index (χ4n) is 3.90. The predicted octanol–water partition coefficient (Wildman–Crippen LogP) is 2.66. The van der Waals surface area contributed by atoms with Gasteiger partial charge in [-0.15, -0.1) is 0 Å². The fraction of sp³-hybridized carbons (Fsp3) is 0.500. The van der Waals surface area contributed by atoms with Crippen molar-refractivity contribution in [3.05, 3.63) is 35.7 Å². The van der Waals surface area contributed by atoms with E-state index in [1.165, 1.54) is 6.92 Å². The number of pyridine rings is 1. The molecule has 0 unspecified atom stereocenters. The van der Waals surface area contributed by atoms with Crippen molar-refractivity contribution in [3.63, 3.8) is 0 Å². The molecule has 9 nitrogen and oxygen atoms in total. The van der Waals surface area contributed by atoms with Gasteiger partial charge in [-0.1, -0.05) is 6.07 Å². The number of hydrogen-bond acceptors (Lipinski definition) is 6. The van der Waals surface area contributed by atoms with E-state index in [2.05, 4.69) is 25.8 Å². The number of ether oxygens (including phenoxy) is 1. The van der Waals surface area contributed by atoms with Crippen LogP contribution < -0.4 is 10.6 Å². The van der Waals surface area contributed by atoms with Gasteiger partial charge in [0.25, 0.3) is 0 Å². The zero-order valence-corrected chi connectivity index (χ0v) is 16.5. The van der Waals surface area contributed by atoms with Gasteiger partial charge < -0.3 is 20.3 Å². The zero-order valence-electron chi connectivity index (χ0n) is 16.5. The van der Waals surface area contributed by atoms with Crippen LogP contribution in [0.25, 0.3) is 0 Å². The van der Waals surface area contributed by atoms with E-state index >= 15 is 0 Å². The average Bonchev–Trinajstić information content (AvgIpc) is 3.33. The summed E-state index contributed by atoms with van der Waals surface area (Å²) < 4.78 is 5.55. The lowest BCUT2D eigenvalue weighted by Crippen LogP contribution is -2.33. The van der Waals surface area contributed by atoms with Gasteiger partial charge in [0.1, 0.15) is 11.9 Å². The number of alkyl carbamates (subject to hydrolysis) is 1. The highest BCUT2D eigenvalue weighted by molar-refractivity contribution is 5.73. The Morgan fingerprint density at radius 1 is 1.28 bits per heavy atom. The van der Waals surface area contributed by atoms with E-state index in [0.717, 1.165) is 30.7 Å². The number of aromatic nitrogens is 3. The van der Waals surface area contributed by atoms with Crippen LogP contribution in [0.3, 0.4) is 0 Å². The molecule has 1 aliphatic heterocycles. The molecule has 2 amide bonds. The SMILES string of the molecule is CC(=O)N1CCCNC(=O)O[C@H]2CC[C@H](C2)c2cc(n[nH]2)Nc2cccc(n2)C1. The molecule has 3 N–H and O–H groups in total. The van der Waals surface area contributed by atoms with Crippen LogP contribution in [0.2, 0.25) is 0 Å². The molecular formula is C20H26N6O3. The maximum Gasteiger partial charge on any atom is 0.407 e. The maximum atomic E-state index is 12.1. The minimum atomic E-state index is -0.396. The molecule has 2 aliphatic rings. The number of hydrogen-bond donors (Lipinski definition) is 3. The lowest BCUT2D eigenvalue weighted by atomic mass is 10.0. The third-order valence-corrected chi connectivity index (χ3v) is 5.43. The minimum absolute atomic E-state index is 0.0314. The Morgan fingerprint density at radius 2 is 2.17 bits per heavy atom. The van der Waals surface area contributed by atoms with E-state index in [9.17, 15) is 9.59 Å². The first-order valence-electron chi connectivity index (χ1n) is 10.0. The Labute approximate surface area is 169 Å². The van der Waals surface area contributed by atoms with Crippen molar-refractivity contribution < 1.29 is 14.3 Å². The Bertz CT molecular complexity index is 883. The largest absolute Gasteiger partial charge is 0.446 e. The van der Waals surface area contributed by atoms with Crippen LogP contribution in [-0.4, -0.2) is 51.3 Å². The van der Waals surface area contributed by atoms with Crippen molar-refractivity contribution in [2.24, 2.45) is 0 Å². The normalized spacial score (nSPS) is 22.7. The van der Waals surface area contributed by atoms with Crippen LogP contribution in [0.15, 0.2) is 24.3 Å². The van der Waals surface area contributed by atoms with Crippen molar-refractivity contribution in [2.45, 2.75) is 51.2 Å². The first-order chi connectivity index (χ1) is 14.1. The van der Waals surface area contributed by atoms with Crippen molar-refractivity contribution in [2.75, 3.05) is 18.4 Å². The molecule has 1 aliphatic carbocycles. The fourth-order valence-corrected chi connectivity index (χ4v) is 3.90. The number of H-pyrrole nitrogens is 1. The highest BCUT2D eigenvalue weighted by Crippen LogP contribution is 2.36. The summed E-state index contributed by atoms with van der Waals surface area (Å²) in [5.41, 5.74) is 1.81. The van der Waals surface area contributed by atoms with Crippen LogP contribution in [-0.2, 0) is 16.1 Å². The molecule has 0 aromatic carbocycles. The van der Waals surface area contributed by atoms with Gasteiger partial charge in [0.2, 0.25) is 5.91 Å². The summed E-state index contributed by atoms with van der Waals surface area (Å²) in [6.07, 6.45) is 2.72. The van der Waals surface area contributed by atoms with Crippen molar-refractivity contribution in [1.29, 1.82) is 0 Å². The molecule has 4 rings (SSSR count). The molecule has 3 heterocycles. The number of carbonyl (C=O) groups is 2. The topological polar surface area (TPSA) is 112 Å². The zero-order chi connectivity index (χ0) is 20.2. The number of nitrogens with one attached hydrogen (secondary N) is 3. The van der Waals surface area contributed by atoms with E-state index in [0.29, 0.717) is 37.7 Å². The summed E-state index contributed by atoms with van der Waals surface area (Å²) in [5.74, 6) is 1.63.